The first-order chi connectivity index (χ1) is 7.54. The minimum Gasteiger partial charge on any atom is -0.192 e. The Hall–Kier alpha value is -1.55. The summed E-state index contributed by atoms with van der Waals surface area (Å²) in [7, 11) is 0. The van der Waals surface area contributed by atoms with Crippen molar-refractivity contribution in [2.24, 2.45) is 5.92 Å². The number of allylic oxidation sites excluding steroid dienone is 2. The summed E-state index contributed by atoms with van der Waals surface area (Å²) in [5.41, 5.74) is 3.09. The molecule has 0 saturated heterocycles. The van der Waals surface area contributed by atoms with Crippen molar-refractivity contribution < 1.29 is 0 Å². The fourth-order valence-electron chi connectivity index (χ4n) is 1.58. The van der Waals surface area contributed by atoms with Crippen molar-refractivity contribution in [3.63, 3.8) is 0 Å². The van der Waals surface area contributed by atoms with Crippen molar-refractivity contribution in [2.45, 2.75) is 33.6 Å². The quantitative estimate of drug-likeness (QED) is 0.684. The second-order valence-electron chi connectivity index (χ2n) is 4.71. The van der Waals surface area contributed by atoms with E-state index in [-0.39, 0.29) is 0 Å². The van der Waals surface area contributed by atoms with E-state index >= 15 is 0 Å². The molecule has 0 N–H and O–H groups in total. The van der Waals surface area contributed by atoms with Crippen LogP contribution in [-0.4, -0.2) is 0 Å². The van der Waals surface area contributed by atoms with E-state index in [0.29, 0.717) is 11.8 Å². The SMILES string of the molecule is CC(C)/C=C(\C#N)c1ccc(C(C)C)cc1. The normalized spacial score (nSPS) is 11.9. The lowest BCUT2D eigenvalue weighted by molar-refractivity contribution is 0.834. The van der Waals surface area contributed by atoms with Gasteiger partial charge in [0, 0.05) is 0 Å². The number of rotatable bonds is 3. The highest BCUT2D eigenvalue weighted by Crippen LogP contribution is 2.20. The summed E-state index contributed by atoms with van der Waals surface area (Å²) in [5.74, 6) is 0.938. The Morgan fingerprint density at radius 3 is 2.06 bits per heavy atom. The van der Waals surface area contributed by atoms with Gasteiger partial charge in [0.15, 0.2) is 0 Å². The molecule has 0 radical (unpaired) electrons. The van der Waals surface area contributed by atoms with Crippen LogP contribution >= 0.6 is 0 Å². The number of nitrogens with zero attached hydrogens (tertiary/aromatic N) is 1. The second kappa shape index (κ2) is 5.51. The van der Waals surface area contributed by atoms with Crippen LogP contribution in [0.3, 0.4) is 0 Å². The lowest BCUT2D eigenvalue weighted by Gasteiger charge is -2.06. The summed E-state index contributed by atoms with van der Waals surface area (Å²) in [6, 6.07) is 10.5. The Kier molecular flexibility index (Phi) is 4.31. The van der Waals surface area contributed by atoms with Gasteiger partial charge in [-0.2, -0.15) is 5.26 Å². The highest BCUT2D eigenvalue weighted by Gasteiger charge is 2.03. The van der Waals surface area contributed by atoms with Gasteiger partial charge >= 0.3 is 0 Å². The van der Waals surface area contributed by atoms with Gasteiger partial charge in [-0.1, -0.05) is 58.0 Å². The van der Waals surface area contributed by atoms with Gasteiger partial charge in [-0.25, -0.2) is 0 Å². The Morgan fingerprint density at radius 2 is 1.69 bits per heavy atom. The van der Waals surface area contributed by atoms with Crippen molar-refractivity contribution in [3.8, 4) is 6.07 Å². The second-order valence-corrected chi connectivity index (χ2v) is 4.71. The molecule has 16 heavy (non-hydrogen) atoms. The lowest BCUT2D eigenvalue weighted by Crippen LogP contribution is -1.90. The van der Waals surface area contributed by atoms with E-state index in [2.05, 4.69) is 45.9 Å². The van der Waals surface area contributed by atoms with Gasteiger partial charge in [-0.05, 0) is 23.0 Å². The maximum absolute atomic E-state index is 9.09. The molecule has 0 heterocycles. The van der Waals surface area contributed by atoms with E-state index in [1.807, 2.05) is 18.2 Å². The van der Waals surface area contributed by atoms with Gasteiger partial charge in [0.25, 0.3) is 0 Å². The van der Waals surface area contributed by atoms with E-state index in [9.17, 15) is 0 Å². The van der Waals surface area contributed by atoms with E-state index in [4.69, 9.17) is 5.26 Å². The molecule has 0 aliphatic carbocycles. The number of hydrogen-bond acceptors (Lipinski definition) is 1. The molecule has 84 valence electrons. The zero-order chi connectivity index (χ0) is 12.1. The summed E-state index contributed by atoms with van der Waals surface area (Å²) in [6.45, 7) is 8.51. The van der Waals surface area contributed by atoms with E-state index in [0.717, 1.165) is 11.1 Å². The Labute approximate surface area is 98.4 Å². The molecule has 1 aromatic rings. The summed E-state index contributed by atoms with van der Waals surface area (Å²) in [6.07, 6.45) is 2.00. The summed E-state index contributed by atoms with van der Waals surface area (Å²) in [4.78, 5) is 0. The summed E-state index contributed by atoms with van der Waals surface area (Å²) >= 11 is 0. The predicted molar refractivity (Wildman–Crippen MR) is 69.0 cm³/mol. The minimum absolute atomic E-state index is 0.402. The largest absolute Gasteiger partial charge is 0.192 e. The molecule has 1 heteroatoms. The van der Waals surface area contributed by atoms with Crippen LogP contribution in [0.15, 0.2) is 30.3 Å². The molecule has 0 aromatic heterocycles. The third-order valence-electron chi connectivity index (χ3n) is 2.51. The van der Waals surface area contributed by atoms with E-state index < -0.39 is 0 Å². The maximum atomic E-state index is 9.09. The molecule has 0 fully saturated rings. The number of hydrogen-bond donors (Lipinski definition) is 0. The van der Waals surface area contributed by atoms with Crippen LogP contribution in [-0.2, 0) is 0 Å². The van der Waals surface area contributed by atoms with E-state index in [1.54, 1.807) is 0 Å². The third kappa shape index (κ3) is 3.24. The van der Waals surface area contributed by atoms with Crippen molar-refractivity contribution in [1.29, 1.82) is 5.26 Å². The van der Waals surface area contributed by atoms with Crippen molar-refractivity contribution >= 4 is 5.57 Å². The average molecular weight is 213 g/mol. The predicted octanol–water partition coefficient (Wildman–Crippen LogP) is 4.37. The van der Waals surface area contributed by atoms with Crippen LogP contribution in [0.4, 0.5) is 0 Å². The highest BCUT2D eigenvalue weighted by molar-refractivity contribution is 5.76. The molecule has 0 aliphatic heterocycles. The van der Waals surface area contributed by atoms with Gasteiger partial charge in [-0.15, -0.1) is 0 Å². The third-order valence-corrected chi connectivity index (χ3v) is 2.51. The molecule has 0 bridgehead atoms. The van der Waals surface area contributed by atoms with Gasteiger partial charge in [-0.3, -0.25) is 0 Å². The fourth-order valence-corrected chi connectivity index (χ4v) is 1.58. The van der Waals surface area contributed by atoms with Crippen LogP contribution in [0.5, 0.6) is 0 Å². The van der Waals surface area contributed by atoms with Crippen LogP contribution in [0.1, 0.15) is 44.7 Å². The molecule has 1 aromatic carbocycles. The molecular weight excluding hydrogens is 194 g/mol. The van der Waals surface area contributed by atoms with Gasteiger partial charge in [0.2, 0.25) is 0 Å². The van der Waals surface area contributed by atoms with Gasteiger partial charge in [0.05, 0.1) is 11.6 Å². The van der Waals surface area contributed by atoms with Crippen LogP contribution in [0.2, 0.25) is 0 Å². The Bertz CT molecular complexity index is 402. The maximum Gasteiger partial charge on any atom is 0.0994 e. The van der Waals surface area contributed by atoms with Crippen LogP contribution in [0.25, 0.3) is 5.57 Å². The van der Waals surface area contributed by atoms with Crippen molar-refractivity contribution in [1.82, 2.24) is 0 Å². The fraction of sp³-hybridized carbons (Fsp3) is 0.400. The van der Waals surface area contributed by atoms with Crippen molar-refractivity contribution in [2.75, 3.05) is 0 Å². The topological polar surface area (TPSA) is 23.8 Å². The molecule has 0 atom stereocenters. The summed E-state index contributed by atoms with van der Waals surface area (Å²) < 4.78 is 0. The number of benzene rings is 1. The zero-order valence-corrected chi connectivity index (χ0v) is 10.5. The van der Waals surface area contributed by atoms with Crippen molar-refractivity contribution in [3.05, 3.63) is 41.5 Å². The molecular formula is C15H19N. The summed E-state index contributed by atoms with van der Waals surface area (Å²) in [5, 5.41) is 9.09. The zero-order valence-electron chi connectivity index (χ0n) is 10.5. The number of nitriles is 1. The molecule has 1 nitrogen and oxygen atoms in total. The molecule has 0 saturated carbocycles. The first-order valence-corrected chi connectivity index (χ1v) is 5.77. The molecule has 1 rings (SSSR count). The molecule has 0 amide bonds. The Balaban J connectivity index is 3.01. The standard InChI is InChI=1S/C15H19N/c1-11(2)9-15(10-16)14-7-5-13(6-8-14)12(3)4/h5-9,11-12H,1-4H3/b15-9+. The first-order valence-electron chi connectivity index (χ1n) is 5.77. The first kappa shape index (κ1) is 12.5. The van der Waals surface area contributed by atoms with Crippen LogP contribution < -0.4 is 0 Å². The lowest BCUT2D eigenvalue weighted by atomic mass is 9.98. The Morgan fingerprint density at radius 1 is 1.12 bits per heavy atom. The van der Waals surface area contributed by atoms with Gasteiger partial charge in [0.1, 0.15) is 0 Å². The smallest absolute Gasteiger partial charge is 0.0994 e. The van der Waals surface area contributed by atoms with E-state index in [1.165, 1.54) is 5.56 Å². The molecule has 0 spiro atoms. The average Bonchev–Trinajstić information content (AvgIpc) is 2.25. The highest BCUT2D eigenvalue weighted by atomic mass is 14.2. The monoisotopic (exact) mass is 213 g/mol. The van der Waals surface area contributed by atoms with Crippen LogP contribution in [0, 0.1) is 17.2 Å². The molecule has 0 aliphatic rings. The molecule has 0 unspecified atom stereocenters. The van der Waals surface area contributed by atoms with Gasteiger partial charge < -0.3 is 0 Å². The minimum atomic E-state index is 0.402.